The molecule has 0 amide bonds. The average molecular weight is 357 g/mol. The number of aliphatic hydroxyl groups excluding tert-OH is 1. The zero-order valence-electron chi connectivity index (χ0n) is 16.5. The third-order valence-corrected chi connectivity index (χ3v) is 3.85. The van der Waals surface area contributed by atoms with Crippen LogP contribution in [-0.2, 0) is 11.3 Å². The minimum Gasteiger partial charge on any atom is -0.462 e. The van der Waals surface area contributed by atoms with E-state index >= 15 is 0 Å². The van der Waals surface area contributed by atoms with E-state index in [0.717, 1.165) is 30.4 Å². The Labute approximate surface area is 158 Å². The van der Waals surface area contributed by atoms with Gasteiger partial charge in [-0.3, -0.25) is 0 Å². The van der Waals surface area contributed by atoms with Gasteiger partial charge in [-0.1, -0.05) is 45.1 Å². The molecule has 1 rings (SSSR count). The third kappa shape index (κ3) is 7.83. The summed E-state index contributed by atoms with van der Waals surface area (Å²) in [4.78, 5) is 12.4. The second-order valence-electron chi connectivity index (χ2n) is 7.44. The maximum atomic E-state index is 12.4. The van der Waals surface area contributed by atoms with Crippen LogP contribution in [0.4, 0.5) is 0 Å². The first-order chi connectivity index (χ1) is 12.3. The molecule has 0 fully saturated rings. The number of carbonyl (C=O) groups excluding carboxylic acids is 1. The van der Waals surface area contributed by atoms with Gasteiger partial charge < -0.3 is 9.84 Å². The van der Waals surface area contributed by atoms with Gasteiger partial charge in [0.15, 0.2) is 0 Å². The molecule has 26 heavy (non-hydrogen) atoms. The lowest BCUT2D eigenvalue weighted by molar-refractivity contribution is 0.0498. The summed E-state index contributed by atoms with van der Waals surface area (Å²) in [5.74, 6) is -0.351. The summed E-state index contributed by atoms with van der Waals surface area (Å²) in [6.45, 7) is 12.3. The van der Waals surface area contributed by atoms with E-state index in [2.05, 4.69) is 39.5 Å². The lowest BCUT2D eigenvalue weighted by Gasteiger charge is -2.13. The van der Waals surface area contributed by atoms with E-state index in [0.29, 0.717) is 17.7 Å². The molecule has 3 nitrogen and oxygen atoms in total. The standard InChI is InChI=1S/C23H32O3/c1-6-8-9-10-13-26-22(25)21-15-18(17-24)14-20(16-21)19(7-2)11-12-23(3,4)5/h6-7,11-12,14-16,24H,1,8-10,13,17H2,2-5H3/b12-11-,19-7+. The van der Waals surface area contributed by atoms with Crippen molar-refractivity contribution in [3.63, 3.8) is 0 Å². The summed E-state index contributed by atoms with van der Waals surface area (Å²) in [5.41, 5.74) is 3.15. The number of ether oxygens (including phenoxy) is 1. The fourth-order valence-corrected chi connectivity index (χ4v) is 2.41. The number of aliphatic hydroxyl groups is 1. The van der Waals surface area contributed by atoms with Crippen LogP contribution in [0.3, 0.4) is 0 Å². The fourth-order valence-electron chi connectivity index (χ4n) is 2.41. The quantitative estimate of drug-likeness (QED) is 0.267. The fraction of sp³-hybridized carbons (Fsp3) is 0.435. The predicted octanol–water partition coefficient (Wildman–Crippen LogP) is 5.70. The second kappa shape index (κ2) is 10.8. The Kier molecular flexibility index (Phi) is 9.08. The molecule has 0 radical (unpaired) electrons. The van der Waals surface area contributed by atoms with Crippen LogP contribution in [0.5, 0.6) is 0 Å². The maximum Gasteiger partial charge on any atom is 0.338 e. The largest absolute Gasteiger partial charge is 0.462 e. The molecule has 0 heterocycles. The summed E-state index contributed by atoms with van der Waals surface area (Å²) in [6.07, 6.45) is 10.8. The number of esters is 1. The van der Waals surface area contributed by atoms with Gasteiger partial charge in [-0.2, -0.15) is 0 Å². The van der Waals surface area contributed by atoms with Gasteiger partial charge in [0.25, 0.3) is 0 Å². The molecule has 142 valence electrons. The minimum atomic E-state index is -0.351. The normalized spacial score (nSPS) is 12.4. The van der Waals surface area contributed by atoms with Crippen molar-refractivity contribution in [2.75, 3.05) is 6.61 Å². The second-order valence-corrected chi connectivity index (χ2v) is 7.44. The number of unbranched alkanes of at least 4 members (excludes halogenated alkanes) is 2. The molecule has 0 aliphatic rings. The molecule has 0 atom stereocenters. The van der Waals surface area contributed by atoms with Crippen molar-refractivity contribution in [1.82, 2.24) is 0 Å². The van der Waals surface area contributed by atoms with E-state index in [9.17, 15) is 9.90 Å². The van der Waals surface area contributed by atoms with Crippen molar-refractivity contribution in [2.24, 2.45) is 5.41 Å². The molecular weight excluding hydrogens is 324 g/mol. The Bertz CT molecular complexity index is 661. The highest BCUT2D eigenvalue weighted by atomic mass is 16.5. The zero-order chi connectivity index (χ0) is 19.6. The van der Waals surface area contributed by atoms with Gasteiger partial charge in [-0.25, -0.2) is 4.79 Å². The molecule has 1 N–H and O–H groups in total. The first-order valence-corrected chi connectivity index (χ1v) is 9.19. The molecule has 0 spiro atoms. The van der Waals surface area contributed by atoms with E-state index < -0.39 is 0 Å². The van der Waals surface area contributed by atoms with Crippen LogP contribution in [0.2, 0.25) is 0 Å². The van der Waals surface area contributed by atoms with Crippen LogP contribution in [0.25, 0.3) is 5.57 Å². The number of hydrogen-bond acceptors (Lipinski definition) is 3. The lowest BCUT2D eigenvalue weighted by Crippen LogP contribution is -2.08. The summed E-state index contributed by atoms with van der Waals surface area (Å²) in [7, 11) is 0. The maximum absolute atomic E-state index is 12.4. The first kappa shape index (κ1) is 21.9. The van der Waals surface area contributed by atoms with Gasteiger partial charge in [0.1, 0.15) is 0 Å². The van der Waals surface area contributed by atoms with Crippen LogP contribution in [0.15, 0.2) is 49.1 Å². The highest BCUT2D eigenvalue weighted by Gasteiger charge is 2.12. The summed E-state index contributed by atoms with van der Waals surface area (Å²) in [6, 6.07) is 5.42. The smallest absolute Gasteiger partial charge is 0.338 e. The molecule has 1 aromatic rings. The van der Waals surface area contributed by atoms with Gasteiger partial charge in [0.05, 0.1) is 18.8 Å². The monoisotopic (exact) mass is 356 g/mol. The van der Waals surface area contributed by atoms with Gasteiger partial charge in [-0.05, 0) is 66.5 Å². The van der Waals surface area contributed by atoms with Crippen LogP contribution >= 0.6 is 0 Å². The minimum absolute atomic E-state index is 0.0655. The topological polar surface area (TPSA) is 46.5 Å². The predicted molar refractivity (Wildman–Crippen MR) is 109 cm³/mol. The molecule has 0 aliphatic heterocycles. The molecule has 0 bridgehead atoms. The molecule has 0 saturated carbocycles. The van der Waals surface area contributed by atoms with E-state index in [4.69, 9.17) is 4.74 Å². The number of benzene rings is 1. The Balaban J connectivity index is 2.98. The Morgan fingerprint density at radius 3 is 2.46 bits per heavy atom. The SMILES string of the molecule is C=CCCCCOC(=O)c1cc(CO)cc(C(/C=C\C(C)(C)C)=C/C)c1. The number of carbonyl (C=O) groups is 1. The van der Waals surface area contributed by atoms with Crippen molar-refractivity contribution < 1.29 is 14.6 Å². The van der Waals surface area contributed by atoms with Crippen molar-refractivity contribution >= 4 is 11.5 Å². The summed E-state index contributed by atoms with van der Waals surface area (Å²) in [5, 5.41) is 9.56. The van der Waals surface area contributed by atoms with Gasteiger partial charge >= 0.3 is 5.97 Å². The molecule has 1 aromatic carbocycles. The van der Waals surface area contributed by atoms with E-state index in [1.54, 1.807) is 6.07 Å². The van der Waals surface area contributed by atoms with E-state index in [1.165, 1.54) is 0 Å². The van der Waals surface area contributed by atoms with Crippen molar-refractivity contribution in [3.8, 4) is 0 Å². The number of rotatable bonds is 9. The van der Waals surface area contributed by atoms with Crippen molar-refractivity contribution in [1.29, 1.82) is 0 Å². The molecule has 0 unspecified atom stereocenters. The number of allylic oxidation sites excluding steroid dienone is 5. The third-order valence-electron chi connectivity index (χ3n) is 3.85. The van der Waals surface area contributed by atoms with Gasteiger partial charge in [0, 0.05) is 0 Å². The highest BCUT2D eigenvalue weighted by molar-refractivity contribution is 5.91. The van der Waals surface area contributed by atoms with E-state index in [-0.39, 0.29) is 18.0 Å². The molecule has 0 aromatic heterocycles. The zero-order valence-corrected chi connectivity index (χ0v) is 16.5. The van der Waals surface area contributed by atoms with Crippen LogP contribution in [-0.4, -0.2) is 17.7 Å². The van der Waals surface area contributed by atoms with E-state index in [1.807, 2.05) is 31.2 Å². The first-order valence-electron chi connectivity index (χ1n) is 9.19. The number of hydrogen-bond donors (Lipinski definition) is 1. The Morgan fingerprint density at radius 1 is 1.19 bits per heavy atom. The van der Waals surface area contributed by atoms with Crippen LogP contribution in [0.1, 0.15) is 68.4 Å². The average Bonchev–Trinajstić information content (AvgIpc) is 2.60. The van der Waals surface area contributed by atoms with Crippen molar-refractivity contribution in [2.45, 2.75) is 53.6 Å². The Hall–Kier alpha value is -2.13. The molecule has 0 saturated heterocycles. The van der Waals surface area contributed by atoms with Crippen molar-refractivity contribution in [3.05, 3.63) is 65.8 Å². The van der Waals surface area contributed by atoms with Crippen LogP contribution < -0.4 is 0 Å². The molecule has 0 aliphatic carbocycles. The molecule has 3 heteroatoms. The summed E-state index contributed by atoms with van der Waals surface area (Å²) >= 11 is 0. The highest BCUT2D eigenvalue weighted by Crippen LogP contribution is 2.24. The summed E-state index contributed by atoms with van der Waals surface area (Å²) < 4.78 is 5.36. The Morgan fingerprint density at radius 2 is 1.88 bits per heavy atom. The lowest BCUT2D eigenvalue weighted by atomic mass is 9.93. The van der Waals surface area contributed by atoms with Gasteiger partial charge in [0.2, 0.25) is 0 Å². The van der Waals surface area contributed by atoms with Gasteiger partial charge in [-0.15, -0.1) is 6.58 Å². The molecular formula is C23H32O3. The van der Waals surface area contributed by atoms with Crippen LogP contribution in [0, 0.1) is 5.41 Å².